The Labute approximate surface area is 145 Å². The highest BCUT2D eigenvalue weighted by Gasteiger charge is 2.36. The Morgan fingerprint density at radius 1 is 1.20 bits per heavy atom. The van der Waals surface area contributed by atoms with Gasteiger partial charge in [0.05, 0.1) is 21.2 Å². The zero-order valence-corrected chi connectivity index (χ0v) is 14.4. The predicted molar refractivity (Wildman–Crippen MR) is 88.4 cm³/mol. The van der Waals surface area contributed by atoms with Gasteiger partial charge in [-0.3, -0.25) is 0 Å². The molecule has 0 spiro atoms. The van der Waals surface area contributed by atoms with Gasteiger partial charge >= 0.3 is 6.18 Å². The van der Waals surface area contributed by atoms with Gasteiger partial charge in [-0.1, -0.05) is 12.1 Å². The number of benzene rings is 1. The predicted octanol–water partition coefficient (Wildman–Crippen LogP) is 3.78. The second-order valence-corrected chi connectivity index (χ2v) is 7.84. The van der Waals surface area contributed by atoms with Crippen molar-refractivity contribution in [2.45, 2.75) is 18.0 Å². The van der Waals surface area contributed by atoms with Crippen LogP contribution in [0.15, 0.2) is 40.6 Å². The number of aromatic amines is 1. The number of halogens is 3. The van der Waals surface area contributed by atoms with E-state index < -0.39 is 22.0 Å². The maximum Gasteiger partial charge on any atom is 0.449 e. The van der Waals surface area contributed by atoms with Crippen molar-refractivity contribution in [2.75, 3.05) is 0 Å². The lowest BCUT2D eigenvalue weighted by atomic mass is 10.1. The molecule has 0 saturated heterocycles. The van der Waals surface area contributed by atoms with Gasteiger partial charge < -0.3 is 4.98 Å². The highest BCUT2D eigenvalue weighted by atomic mass is 32.2. The molecular weight excluding hydrogens is 375 g/mol. The Kier molecular flexibility index (Phi) is 4.21. The number of hydrogen-bond donors (Lipinski definition) is 2. The molecule has 5 nitrogen and oxygen atoms in total. The molecule has 0 bridgehead atoms. The van der Waals surface area contributed by atoms with E-state index in [4.69, 9.17) is 5.14 Å². The van der Waals surface area contributed by atoms with E-state index in [0.717, 1.165) is 5.56 Å². The molecule has 2 heterocycles. The number of rotatable bonds is 3. The number of H-pyrrole nitrogens is 1. The summed E-state index contributed by atoms with van der Waals surface area (Å²) < 4.78 is 61.8. The molecule has 3 rings (SSSR count). The first-order chi connectivity index (χ1) is 11.6. The monoisotopic (exact) mass is 387 g/mol. The van der Waals surface area contributed by atoms with Crippen molar-refractivity contribution in [1.29, 1.82) is 0 Å². The third-order valence-corrected chi connectivity index (χ3v) is 5.40. The number of imidazole rings is 1. The third-order valence-electron chi connectivity index (χ3n) is 3.41. The minimum atomic E-state index is -4.63. The first-order valence-corrected chi connectivity index (χ1v) is 9.34. The van der Waals surface area contributed by atoms with E-state index in [0.29, 0.717) is 10.4 Å². The summed E-state index contributed by atoms with van der Waals surface area (Å²) >= 11 is 1.29. The van der Waals surface area contributed by atoms with Crippen molar-refractivity contribution >= 4 is 21.4 Å². The molecule has 0 aliphatic heterocycles. The van der Waals surface area contributed by atoms with Crippen LogP contribution in [0.5, 0.6) is 0 Å². The summed E-state index contributed by atoms with van der Waals surface area (Å²) in [6.45, 7) is 1.83. The molecule has 10 heteroatoms. The summed E-state index contributed by atoms with van der Waals surface area (Å²) in [5, 5.41) is 6.85. The average Bonchev–Trinajstić information content (AvgIpc) is 3.12. The highest BCUT2D eigenvalue weighted by Crippen LogP contribution is 2.38. The van der Waals surface area contributed by atoms with Crippen LogP contribution in [0.2, 0.25) is 0 Å². The Hall–Kier alpha value is -2.17. The van der Waals surface area contributed by atoms with Crippen molar-refractivity contribution in [2.24, 2.45) is 5.14 Å². The number of nitrogens with one attached hydrogen (secondary N) is 1. The van der Waals surface area contributed by atoms with E-state index >= 15 is 0 Å². The van der Waals surface area contributed by atoms with Gasteiger partial charge in [0.25, 0.3) is 0 Å². The summed E-state index contributed by atoms with van der Waals surface area (Å²) in [6, 6.07) is 6.97. The molecule has 0 saturated carbocycles. The van der Waals surface area contributed by atoms with Crippen LogP contribution in [0.4, 0.5) is 13.2 Å². The number of thiophene rings is 1. The van der Waals surface area contributed by atoms with Crippen molar-refractivity contribution < 1.29 is 21.6 Å². The fourth-order valence-corrected chi connectivity index (χ4v) is 3.68. The molecular formula is C15H12F3N3O2S2. The fraction of sp³-hybridized carbons (Fsp3) is 0.133. The van der Waals surface area contributed by atoms with E-state index in [9.17, 15) is 21.6 Å². The number of sulfonamides is 1. The van der Waals surface area contributed by atoms with E-state index in [1.54, 1.807) is 6.07 Å². The summed E-state index contributed by atoms with van der Waals surface area (Å²) in [5.41, 5.74) is 1.59. The molecule has 2 aromatic heterocycles. The topological polar surface area (TPSA) is 88.8 Å². The SMILES string of the molecule is Cc1csc(-c2[nH]c(C(F)(F)F)nc2-c2ccc(S(N)(=O)=O)cc2)c1. The Balaban J connectivity index is 2.16. The summed E-state index contributed by atoms with van der Waals surface area (Å²) in [7, 11) is -3.88. The van der Waals surface area contributed by atoms with Crippen LogP contribution < -0.4 is 5.14 Å². The molecule has 1 aromatic carbocycles. The van der Waals surface area contributed by atoms with E-state index in [-0.39, 0.29) is 16.3 Å². The van der Waals surface area contributed by atoms with Crippen molar-refractivity contribution in [3.63, 3.8) is 0 Å². The zero-order valence-electron chi connectivity index (χ0n) is 12.8. The number of aromatic nitrogens is 2. The molecule has 0 aliphatic rings. The van der Waals surface area contributed by atoms with Gasteiger partial charge in [0.1, 0.15) is 0 Å². The average molecular weight is 387 g/mol. The van der Waals surface area contributed by atoms with Gasteiger partial charge in [0.15, 0.2) is 0 Å². The molecule has 132 valence electrons. The molecule has 3 N–H and O–H groups in total. The van der Waals surface area contributed by atoms with Crippen LogP contribution in [-0.4, -0.2) is 18.4 Å². The number of nitrogens with zero attached hydrogens (tertiary/aromatic N) is 1. The lowest BCUT2D eigenvalue weighted by molar-refractivity contribution is -0.144. The minimum Gasteiger partial charge on any atom is -0.333 e. The second kappa shape index (κ2) is 5.97. The van der Waals surface area contributed by atoms with Crippen LogP contribution in [-0.2, 0) is 16.2 Å². The fourth-order valence-electron chi connectivity index (χ4n) is 2.26. The van der Waals surface area contributed by atoms with Gasteiger partial charge in [-0.25, -0.2) is 18.5 Å². The normalized spacial score (nSPS) is 12.5. The molecule has 0 amide bonds. The van der Waals surface area contributed by atoms with Crippen molar-refractivity contribution in [3.8, 4) is 21.8 Å². The van der Waals surface area contributed by atoms with Crippen LogP contribution in [0, 0.1) is 6.92 Å². The van der Waals surface area contributed by atoms with Gasteiger partial charge in [-0.2, -0.15) is 13.2 Å². The molecule has 0 aliphatic carbocycles. The van der Waals surface area contributed by atoms with Gasteiger partial charge in [0, 0.05) is 5.56 Å². The summed E-state index contributed by atoms with van der Waals surface area (Å²) in [6.07, 6.45) is -4.63. The van der Waals surface area contributed by atoms with Gasteiger partial charge in [-0.05, 0) is 36.1 Å². The molecule has 0 fully saturated rings. The van der Waals surface area contributed by atoms with E-state index in [2.05, 4.69) is 9.97 Å². The van der Waals surface area contributed by atoms with Crippen LogP contribution in [0.1, 0.15) is 11.4 Å². The van der Waals surface area contributed by atoms with Gasteiger partial charge in [0.2, 0.25) is 15.8 Å². The summed E-state index contributed by atoms with van der Waals surface area (Å²) in [4.78, 5) is 6.48. The lowest BCUT2D eigenvalue weighted by Gasteiger charge is -2.03. The molecule has 0 radical (unpaired) electrons. The number of aryl methyl sites for hydroxylation is 1. The first kappa shape index (κ1) is 17.6. The lowest BCUT2D eigenvalue weighted by Crippen LogP contribution is -2.11. The smallest absolute Gasteiger partial charge is 0.333 e. The molecule has 3 aromatic rings. The van der Waals surface area contributed by atoms with Crippen LogP contribution in [0.3, 0.4) is 0 Å². The van der Waals surface area contributed by atoms with E-state index in [1.807, 2.05) is 12.3 Å². The first-order valence-electron chi connectivity index (χ1n) is 6.91. The minimum absolute atomic E-state index is 0.0927. The molecule has 25 heavy (non-hydrogen) atoms. The number of hydrogen-bond acceptors (Lipinski definition) is 4. The Bertz CT molecular complexity index is 1020. The van der Waals surface area contributed by atoms with Crippen LogP contribution in [0.25, 0.3) is 21.8 Å². The Morgan fingerprint density at radius 2 is 1.84 bits per heavy atom. The molecule has 0 atom stereocenters. The number of primary sulfonamides is 1. The zero-order chi connectivity index (χ0) is 18.4. The number of alkyl halides is 3. The second-order valence-electron chi connectivity index (χ2n) is 5.36. The maximum absolute atomic E-state index is 13.1. The maximum atomic E-state index is 13.1. The Morgan fingerprint density at radius 3 is 2.32 bits per heavy atom. The van der Waals surface area contributed by atoms with Crippen LogP contribution >= 0.6 is 11.3 Å². The third kappa shape index (κ3) is 3.60. The van der Waals surface area contributed by atoms with Crippen molar-refractivity contribution in [1.82, 2.24) is 9.97 Å². The van der Waals surface area contributed by atoms with E-state index in [1.165, 1.54) is 35.6 Å². The van der Waals surface area contributed by atoms with Gasteiger partial charge in [-0.15, -0.1) is 11.3 Å². The largest absolute Gasteiger partial charge is 0.449 e. The molecule has 0 unspecified atom stereocenters. The van der Waals surface area contributed by atoms with Crippen molar-refractivity contribution in [3.05, 3.63) is 47.1 Å². The summed E-state index contributed by atoms with van der Waals surface area (Å²) in [5.74, 6) is -1.11. The standard InChI is InChI=1S/C15H12F3N3O2S2/c1-8-6-11(24-7-8)13-12(20-14(21-13)15(16,17)18)9-2-4-10(5-3-9)25(19,22)23/h2-7H,1H3,(H,20,21)(H2,19,22,23). The quantitative estimate of drug-likeness (QED) is 0.717. The number of nitrogens with two attached hydrogens (primary N) is 1. The highest BCUT2D eigenvalue weighted by molar-refractivity contribution is 7.89.